The summed E-state index contributed by atoms with van der Waals surface area (Å²) in [5.74, 6) is -0.306. The van der Waals surface area contributed by atoms with Crippen molar-refractivity contribution in [1.82, 2.24) is 10.2 Å². The number of halogens is 1. The van der Waals surface area contributed by atoms with E-state index in [1.165, 1.54) is 6.20 Å². The van der Waals surface area contributed by atoms with Gasteiger partial charge in [0, 0.05) is 37.9 Å². The first-order valence-electron chi connectivity index (χ1n) is 7.99. The van der Waals surface area contributed by atoms with Crippen LogP contribution in [0.3, 0.4) is 0 Å². The number of nitrogens with one attached hydrogen (secondary N) is 2. The molecule has 8 heteroatoms. The van der Waals surface area contributed by atoms with Gasteiger partial charge in [0.2, 0.25) is 5.91 Å². The van der Waals surface area contributed by atoms with E-state index in [1.54, 1.807) is 23.1 Å². The lowest BCUT2D eigenvalue weighted by Crippen LogP contribution is -2.31. The Hall–Kier alpha value is -2.72. The minimum absolute atomic E-state index is 0.0507. The number of rotatable bonds is 7. The third-order valence-electron chi connectivity index (χ3n) is 3.81. The van der Waals surface area contributed by atoms with E-state index >= 15 is 0 Å². The smallest absolute Gasteiger partial charge is 0.263 e. The molecule has 0 bridgehead atoms. The van der Waals surface area contributed by atoms with Crippen LogP contribution in [-0.4, -0.2) is 36.3 Å². The number of nitriles is 1. The Balaban J connectivity index is 1.80. The minimum atomic E-state index is -0.468. The summed E-state index contributed by atoms with van der Waals surface area (Å²) in [5, 5.41) is 15.0. The van der Waals surface area contributed by atoms with E-state index in [0.717, 1.165) is 13.0 Å². The number of carbonyl (C=O) groups is 2. The number of anilines is 2. The maximum absolute atomic E-state index is 12.0. The van der Waals surface area contributed by atoms with Crippen LogP contribution in [0.25, 0.3) is 0 Å². The molecule has 2 amide bonds. The normalized spacial score (nSPS) is 14.3. The molecule has 2 rings (SSSR count). The van der Waals surface area contributed by atoms with Crippen LogP contribution >= 0.6 is 11.6 Å². The monoisotopic (exact) mass is 361 g/mol. The van der Waals surface area contributed by atoms with Gasteiger partial charge in [-0.25, -0.2) is 0 Å². The zero-order valence-electron chi connectivity index (χ0n) is 13.7. The van der Waals surface area contributed by atoms with Crippen LogP contribution in [0.15, 0.2) is 30.0 Å². The number of likely N-dealkylation sites (tertiary alicyclic amines) is 1. The number of benzene rings is 1. The lowest BCUT2D eigenvalue weighted by Gasteiger charge is -2.15. The molecule has 0 radical (unpaired) electrons. The molecule has 0 atom stereocenters. The average molecular weight is 362 g/mol. The van der Waals surface area contributed by atoms with E-state index in [0.29, 0.717) is 42.3 Å². The highest BCUT2D eigenvalue weighted by molar-refractivity contribution is 6.33. The molecule has 0 spiro atoms. The number of amides is 2. The zero-order chi connectivity index (χ0) is 18.2. The Morgan fingerprint density at radius 2 is 2.28 bits per heavy atom. The summed E-state index contributed by atoms with van der Waals surface area (Å²) in [6.45, 7) is 1.80. The van der Waals surface area contributed by atoms with Gasteiger partial charge < -0.3 is 21.3 Å². The molecule has 0 aromatic heterocycles. The zero-order valence-corrected chi connectivity index (χ0v) is 14.5. The Labute approximate surface area is 151 Å². The predicted molar refractivity (Wildman–Crippen MR) is 96.6 cm³/mol. The van der Waals surface area contributed by atoms with E-state index in [1.807, 2.05) is 6.07 Å². The van der Waals surface area contributed by atoms with Gasteiger partial charge in [-0.1, -0.05) is 11.6 Å². The summed E-state index contributed by atoms with van der Waals surface area (Å²) in [5.41, 5.74) is 6.64. The average Bonchev–Trinajstić information content (AvgIpc) is 3.00. The van der Waals surface area contributed by atoms with Crippen molar-refractivity contribution in [2.45, 2.75) is 19.3 Å². The molecule has 25 heavy (non-hydrogen) atoms. The summed E-state index contributed by atoms with van der Waals surface area (Å²) in [4.78, 5) is 25.3. The highest BCUT2D eigenvalue weighted by atomic mass is 35.5. The Morgan fingerprint density at radius 3 is 2.92 bits per heavy atom. The van der Waals surface area contributed by atoms with Gasteiger partial charge in [-0.05, 0) is 31.0 Å². The van der Waals surface area contributed by atoms with Crippen molar-refractivity contribution in [2.24, 2.45) is 0 Å². The maximum atomic E-state index is 12.0. The van der Waals surface area contributed by atoms with Crippen molar-refractivity contribution in [1.29, 1.82) is 5.26 Å². The molecular weight excluding hydrogens is 342 g/mol. The first kappa shape index (κ1) is 18.6. The highest BCUT2D eigenvalue weighted by Crippen LogP contribution is 2.22. The number of carbonyl (C=O) groups excluding carboxylic acids is 2. The van der Waals surface area contributed by atoms with Crippen LogP contribution in [0.1, 0.15) is 19.3 Å². The second-order valence-electron chi connectivity index (χ2n) is 5.64. The van der Waals surface area contributed by atoms with Crippen LogP contribution in [0, 0.1) is 11.3 Å². The van der Waals surface area contributed by atoms with E-state index < -0.39 is 5.91 Å². The molecule has 0 saturated carbocycles. The predicted octanol–water partition coefficient (Wildman–Crippen LogP) is 1.87. The van der Waals surface area contributed by atoms with Gasteiger partial charge in [-0.3, -0.25) is 9.59 Å². The molecule has 1 aromatic rings. The molecule has 0 aliphatic carbocycles. The Bertz CT molecular complexity index is 726. The number of nitrogens with zero attached hydrogens (tertiary/aromatic N) is 2. The van der Waals surface area contributed by atoms with E-state index in [9.17, 15) is 9.59 Å². The molecule has 1 aromatic carbocycles. The summed E-state index contributed by atoms with van der Waals surface area (Å²) in [6.07, 6.45) is 3.47. The first-order chi connectivity index (χ1) is 12.0. The van der Waals surface area contributed by atoms with Crippen LogP contribution in [0.4, 0.5) is 11.4 Å². The molecule has 7 nitrogen and oxygen atoms in total. The molecular formula is C17H20ClN5O2. The molecule has 1 fully saturated rings. The fourth-order valence-electron chi connectivity index (χ4n) is 2.43. The third-order valence-corrected chi connectivity index (χ3v) is 4.14. The second kappa shape index (κ2) is 8.94. The van der Waals surface area contributed by atoms with Crippen molar-refractivity contribution in [3.8, 4) is 6.07 Å². The van der Waals surface area contributed by atoms with E-state index in [4.69, 9.17) is 22.6 Å². The van der Waals surface area contributed by atoms with Gasteiger partial charge in [-0.15, -0.1) is 0 Å². The summed E-state index contributed by atoms with van der Waals surface area (Å²) in [7, 11) is 0. The fourth-order valence-corrected chi connectivity index (χ4v) is 2.61. The summed E-state index contributed by atoms with van der Waals surface area (Å²) < 4.78 is 0. The molecule has 1 heterocycles. The molecule has 0 unspecified atom stereocenters. The maximum Gasteiger partial charge on any atom is 0.263 e. The molecule has 4 N–H and O–H groups in total. The minimum Gasteiger partial charge on any atom is -0.398 e. The van der Waals surface area contributed by atoms with E-state index in [2.05, 4.69) is 10.6 Å². The Kier molecular flexibility index (Phi) is 6.66. The van der Waals surface area contributed by atoms with Crippen LogP contribution in [-0.2, 0) is 9.59 Å². The van der Waals surface area contributed by atoms with Crippen molar-refractivity contribution in [2.75, 3.05) is 30.7 Å². The molecule has 1 aliphatic rings. The van der Waals surface area contributed by atoms with E-state index in [-0.39, 0.29) is 11.5 Å². The van der Waals surface area contributed by atoms with Crippen molar-refractivity contribution in [3.63, 3.8) is 0 Å². The van der Waals surface area contributed by atoms with Crippen molar-refractivity contribution in [3.05, 3.63) is 35.0 Å². The van der Waals surface area contributed by atoms with Gasteiger partial charge in [-0.2, -0.15) is 5.26 Å². The van der Waals surface area contributed by atoms with Gasteiger partial charge in [0.05, 0.1) is 10.7 Å². The van der Waals surface area contributed by atoms with Gasteiger partial charge in [0.25, 0.3) is 5.91 Å². The van der Waals surface area contributed by atoms with Gasteiger partial charge in [0.15, 0.2) is 0 Å². The number of hydrogen-bond donors (Lipinski definition) is 3. The molecule has 132 valence electrons. The Morgan fingerprint density at radius 1 is 1.48 bits per heavy atom. The number of hydrogen-bond acceptors (Lipinski definition) is 5. The number of nitrogen functional groups attached to an aromatic ring is 1. The van der Waals surface area contributed by atoms with Crippen LogP contribution in [0.2, 0.25) is 5.02 Å². The lowest BCUT2D eigenvalue weighted by atomic mass is 10.2. The summed E-state index contributed by atoms with van der Waals surface area (Å²) in [6, 6.07) is 6.78. The quantitative estimate of drug-likeness (QED) is 0.297. The second-order valence-corrected chi connectivity index (χ2v) is 6.05. The molecule has 1 aliphatic heterocycles. The summed E-state index contributed by atoms with van der Waals surface area (Å²) >= 11 is 5.92. The topological polar surface area (TPSA) is 111 Å². The van der Waals surface area contributed by atoms with Crippen LogP contribution < -0.4 is 16.4 Å². The highest BCUT2D eigenvalue weighted by Gasteiger charge is 2.19. The standard InChI is InChI=1S/C17H20ClN5O2/c18-14-9-13(4-5-15(14)20)22-11-12(10-19)17(25)21-6-2-8-23-7-1-3-16(23)24/h4-5,9,11,22H,1-3,6-8,20H2,(H,21,25)/b12-11-. The van der Waals surface area contributed by atoms with Crippen molar-refractivity contribution < 1.29 is 9.59 Å². The van der Waals surface area contributed by atoms with Crippen LogP contribution in [0.5, 0.6) is 0 Å². The first-order valence-corrected chi connectivity index (χ1v) is 8.37. The fraction of sp³-hybridized carbons (Fsp3) is 0.353. The number of nitrogens with two attached hydrogens (primary N) is 1. The SMILES string of the molecule is N#C/C(=C/Nc1ccc(N)c(Cl)c1)C(=O)NCCCN1CCCC1=O. The molecule has 1 saturated heterocycles. The lowest BCUT2D eigenvalue weighted by molar-refractivity contribution is -0.127. The van der Waals surface area contributed by atoms with Gasteiger partial charge in [0.1, 0.15) is 11.6 Å². The third kappa shape index (κ3) is 5.40. The van der Waals surface area contributed by atoms with Gasteiger partial charge >= 0.3 is 0 Å². The largest absolute Gasteiger partial charge is 0.398 e. The van der Waals surface area contributed by atoms with Crippen molar-refractivity contribution >= 4 is 34.8 Å².